The molecular formula is C18H19F3N4S. The Morgan fingerprint density at radius 1 is 1.27 bits per heavy atom. The van der Waals surface area contributed by atoms with E-state index in [1.54, 1.807) is 22.4 Å². The molecule has 0 spiro atoms. The summed E-state index contributed by atoms with van der Waals surface area (Å²) in [5, 5.41) is 5.06. The van der Waals surface area contributed by atoms with E-state index in [9.17, 15) is 13.2 Å². The lowest BCUT2D eigenvalue weighted by Crippen LogP contribution is -2.22. The third-order valence-electron chi connectivity index (χ3n) is 3.43. The van der Waals surface area contributed by atoms with Crippen molar-refractivity contribution in [3.05, 3.63) is 72.4 Å². The molecule has 0 saturated heterocycles. The fourth-order valence-electron chi connectivity index (χ4n) is 2.17. The number of anilines is 1. The molecule has 0 bridgehead atoms. The molecule has 3 N–H and O–H groups in total. The maximum absolute atomic E-state index is 12.7. The number of thioether (sulfide) groups is 1. The number of nitrogens with one attached hydrogen (secondary N) is 1. The molecule has 0 atom stereocenters. The summed E-state index contributed by atoms with van der Waals surface area (Å²) < 4.78 is 40.0. The van der Waals surface area contributed by atoms with E-state index in [1.807, 2.05) is 25.3 Å². The Hall–Kier alpha value is -2.61. The van der Waals surface area contributed by atoms with Gasteiger partial charge in [-0.3, -0.25) is 9.99 Å². The third-order valence-corrected chi connectivity index (χ3v) is 4.25. The molecule has 0 saturated carbocycles. The number of rotatable bonds is 6. The Morgan fingerprint density at radius 3 is 2.62 bits per heavy atom. The lowest BCUT2D eigenvalue weighted by atomic mass is 10.1. The van der Waals surface area contributed by atoms with Gasteiger partial charge in [0.1, 0.15) is 0 Å². The second-order valence-corrected chi connectivity index (χ2v) is 6.59. The molecule has 4 nitrogen and oxygen atoms in total. The van der Waals surface area contributed by atoms with Gasteiger partial charge in [0.2, 0.25) is 0 Å². The average molecular weight is 380 g/mol. The molecule has 138 valence electrons. The molecule has 2 rings (SSSR count). The van der Waals surface area contributed by atoms with E-state index < -0.39 is 11.7 Å². The first kappa shape index (κ1) is 19.7. The van der Waals surface area contributed by atoms with Crippen molar-refractivity contribution in [3.8, 4) is 0 Å². The van der Waals surface area contributed by atoms with Crippen LogP contribution in [0.3, 0.4) is 0 Å². The summed E-state index contributed by atoms with van der Waals surface area (Å²) in [5.74, 6) is 0.863. The van der Waals surface area contributed by atoms with Gasteiger partial charge in [-0.05, 0) is 30.0 Å². The smallest absolute Gasteiger partial charge is 0.398 e. The molecule has 0 unspecified atom stereocenters. The predicted molar refractivity (Wildman–Crippen MR) is 101 cm³/mol. The second-order valence-electron chi connectivity index (χ2n) is 5.26. The fraction of sp³-hybridized carbons (Fsp3) is 0.167. The Kier molecular flexibility index (Phi) is 6.20. The fourth-order valence-corrected chi connectivity index (χ4v) is 2.80. The first-order chi connectivity index (χ1) is 12.2. The van der Waals surface area contributed by atoms with Gasteiger partial charge in [-0.2, -0.15) is 18.3 Å². The average Bonchev–Trinajstić information content (AvgIpc) is 2.59. The normalized spacial score (nSPS) is 12.1. The summed E-state index contributed by atoms with van der Waals surface area (Å²) >= 11 is 1.57. The summed E-state index contributed by atoms with van der Waals surface area (Å²) in [7, 11) is 0. The number of aromatic nitrogens is 1. The molecule has 26 heavy (non-hydrogen) atoms. The minimum atomic E-state index is -4.45. The number of halogens is 3. The second kappa shape index (κ2) is 8.18. The van der Waals surface area contributed by atoms with Crippen LogP contribution in [0, 0.1) is 0 Å². The summed E-state index contributed by atoms with van der Waals surface area (Å²) in [5.41, 5.74) is 8.87. The Bertz CT molecular complexity index is 884. The molecular weight excluding hydrogens is 361 g/mol. The maximum Gasteiger partial charge on any atom is 0.416 e. The van der Waals surface area contributed by atoms with Gasteiger partial charge in [0.15, 0.2) is 5.49 Å². The first-order valence-corrected chi connectivity index (χ1v) is 8.68. The molecule has 0 aliphatic rings. The highest BCUT2D eigenvalue weighted by atomic mass is 32.2. The molecule has 1 aromatic carbocycles. The van der Waals surface area contributed by atoms with Crippen LogP contribution in [-0.2, 0) is 6.18 Å². The molecule has 2 aromatic rings. The van der Waals surface area contributed by atoms with Crippen molar-refractivity contribution in [1.29, 1.82) is 0 Å². The lowest BCUT2D eigenvalue weighted by molar-refractivity contribution is -0.137. The van der Waals surface area contributed by atoms with E-state index in [4.69, 9.17) is 5.73 Å². The van der Waals surface area contributed by atoms with Crippen LogP contribution in [-0.4, -0.2) is 10.3 Å². The van der Waals surface area contributed by atoms with Gasteiger partial charge in [0.25, 0.3) is 0 Å². The van der Waals surface area contributed by atoms with E-state index in [0.29, 0.717) is 16.7 Å². The molecule has 0 radical (unpaired) electrons. The van der Waals surface area contributed by atoms with Crippen molar-refractivity contribution < 1.29 is 13.2 Å². The standard InChI is InChI=1S/C18H19F3N4S/c1-4-26-13(3)25-10-6-5-7-17(25)24-23-12(2)15-9-8-14(11-16(15)22)18(19,20)21/h5-11,23H,2-4,22H2,1H3/b24-17-. The Balaban J connectivity index is 2.27. The van der Waals surface area contributed by atoms with Crippen molar-refractivity contribution in [2.45, 2.75) is 13.1 Å². The lowest BCUT2D eigenvalue weighted by Gasteiger charge is -2.13. The zero-order valence-electron chi connectivity index (χ0n) is 14.2. The number of pyridine rings is 1. The quantitative estimate of drug-likeness (QED) is 0.579. The minimum Gasteiger partial charge on any atom is -0.398 e. The van der Waals surface area contributed by atoms with Crippen LogP contribution in [0.5, 0.6) is 0 Å². The summed E-state index contributed by atoms with van der Waals surface area (Å²) in [6.45, 7) is 9.81. The number of hydrogen-bond acceptors (Lipinski definition) is 4. The molecule has 0 aliphatic heterocycles. The summed E-state index contributed by atoms with van der Waals surface area (Å²) in [6.07, 6.45) is -2.63. The van der Waals surface area contributed by atoms with Gasteiger partial charge in [0, 0.05) is 17.4 Å². The van der Waals surface area contributed by atoms with Gasteiger partial charge in [-0.1, -0.05) is 32.2 Å². The van der Waals surface area contributed by atoms with Gasteiger partial charge >= 0.3 is 6.18 Å². The molecule has 0 aliphatic carbocycles. The Morgan fingerprint density at radius 2 is 2.00 bits per heavy atom. The summed E-state index contributed by atoms with van der Waals surface area (Å²) in [6, 6.07) is 8.55. The highest BCUT2D eigenvalue weighted by Crippen LogP contribution is 2.32. The first-order valence-electron chi connectivity index (χ1n) is 7.69. The van der Waals surface area contributed by atoms with E-state index in [2.05, 4.69) is 23.7 Å². The third kappa shape index (κ3) is 4.72. The van der Waals surface area contributed by atoms with Gasteiger partial charge < -0.3 is 5.73 Å². The molecule has 0 amide bonds. The SMILES string of the molecule is C=C(N/N=c1/ccccn1C(=C)SCC)c1ccc(C(F)(F)F)cc1N. The van der Waals surface area contributed by atoms with E-state index in [1.165, 1.54) is 6.07 Å². The molecule has 8 heteroatoms. The van der Waals surface area contributed by atoms with Gasteiger partial charge in [-0.25, -0.2) is 0 Å². The number of alkyl halides is 3. The molecule has 0 fully saturated rings. The monoisotopic (exact) mass is 380 g/mol. The maximum atomic E-state index is 12.7. The van der Waals surface area contributed by atoms with Crippen LogP contribution in [0.2, 0.25) is 0 Å². The Labute approximate surface area is 153 Å². The number of benzene rings is 1. The van der Waals surface area contributed by atoms with Crippen molar-refractivity contribution in [1.82, 2.24) is 9.99 Å². The zero-order chi connectivity index (χ0) is 19.3. The highest BCUT2D eigenvalue weighted by Gasteiger charge is 2.30. The topological polar surface area (TPSA) is 55.3 Å². The van der Waals surface area contributed by atoms with E-state index in [-0.39, 0.29) is 5.69 Å². The van der Waals surface area contributed by atoms with E-state index >= 15 is 0 Å². The molecule has 1 aromatic heterocycles. The number of nitrogens with zero attached hydrogens (tertiary/aromatic N) is 2. The van der Waals surface area contributed by atoms with Crippen LogP contribution in [0.4, 0.5) is 18.9 Å². The predicted octanol–water partition coefficient (Wildman–Crippen LogP) is 4.35. The number of nitrogens with two attached hydrogens (primary N) is 1. The minimum absolute atomic E-state index is 0.0283. The highest BCUT2D eigenvalue weighted by molar-refractivity contribution is 8.07. The summed E-state index contributed by atoms with van der Waals surface area (Å²) in [4.78, 5) is 0. The van der Waals surface area contributed by atoms with Crippen LogP contribution in [0.15, 0.2) is 60.9 Å². The molecule has 1 heterocycles. The zero-order valence-corrected chi connectivity index (χ0v) is 15.0. The van der Waals surface area contributed by atoms with Crippen LogP contribution in [0.1, 0.15) is 18.1 Å². The van der Waals surface area contributed by atoms with Crippen LogP contribution < -0.4 is 16.6 Å². The van der Waals surface area contributed by atoms with Gasteiger partial charge in [-0.15, -0.1) is 11.8 Å². The number of nitrogen functional groups attached to an aromatic ring is 1. The number of hydrogen-bond donors (Lipinski definition) is 2. The van der Waals surface area contributed by atoms with Crippen molar-refractivity contribution >= 4 is 28.2 Å². The van der Waals surface area contributed by atoms with Crippen LogP contribution in [0.25, 0.3) is 10.7 Å². The largest absolute Gasteiger partial charge is 0.416 e. The van der Waals surface area contributed by atoms with E-state index in [0.717, 1.165) is 22.9 Å². The van der Waals surface area contributed by atoms with Crippen LogP contribution >= 0.6 is 11.8 Å². The van der Waals surface area contributed by atoms with Crippen molar-refractivity contribution in [3.63, 3.8) is 0 Å². The van der Waals surface area contributed by atoms with Gasteiger partial charge in [0.05, 0.1) is 16.3 Å². The van der Waals surface area contributed by atoms with Crippen molar-refractivity contribution in [2.75, 3.05) is 11.5 Å². The van der Waals surface area contributed by atoms with Crippen molar-refractivity contribution in [2.24, 2.45) is 5.10 Å².